The van der Waals surface area contributed by atoms with Crippen LogP contribution in [0, 0.1) is 0 Å². The third-order valence-electron chi connectivity index (χ3n) is 4.95. The van der Waals surface area contributed by atoms with Crippen molar-refractivity contribution in [3.05, 3.63) is 47.3 Å². The molecule has 0 N–H and O–H groups in total. The lowest BCUT2D eigenvalue weighted by molar-refractivity contribution is 0.140. The zero-order valence-corrected chi connectivity index (χ0v) is 13.4. The van der Waals surface area contributed by atoms with E-state index in [0.717, 1.165) is 11.0 Å². The fourth-order valence-electron chi connectivity index (χ4n) is 3.29. The third-order valence-corrected chi connectivity index (χ3v) is 4.95. The highest BCUT2D eigenvalue weighted by Crippen LogP contribution is 2.28. The molecule has 3 heterocycles. The van der Waals surface area contributed by atoms with Crippen molar-refractivity contribution in [2.75, 3.05) is 14.1 Å². The van der Waals surface area contributed by atoms with Gasteiger partial charge in [-0.1, -0.05) is 24.2 Å². The predicted octanol–water partition coefficient (Wildman–Crippen LogP) is 1.38. The summed E-state index contributed by atoms with van der Waals surface area (Å²) in [6, 6.07) is 8.23. The number of rotatable bonds is 1. The van der Waals surface area contributed by atoms with Crippen molar-refractivity contribution in [2.24, 2.45) is 0 Å². The first kappa shape index (κ1) is 13.4. The molecule has 2 aliphatic heterocycles. The van der Waals surface area contributed by atoms with Crippen molar-refractivity contribution in [3.63, 3.8) is 0 Å². The predicted molar refractivity (Wildman–Crippen MR) is 90.7 cm³/mol. The molecule has 0 amide bonds. The lowest BCUT2D eigenvalue weighted by atomic mass is 9.68. The summed E-state index contributed by atoms with van der Waals surface area (Å²) < 4.78 is 5.97. The van der Waals surface area contributed by atoms with Gasteiger partial charge in [-0.2, -0.15) is 0 Å². The maximum atomic E-state index is 5.97. The molecule has 1 aromatic heterocycles. The van der Waals surface area contributed by atoms with Gasteiger partial charge in [0.2, 0.25) is 0 Å². The first-order chi connectivity index (χ1) is 10.5. The maximum absolute atomic E-state index is 5.97. The summed E-state index contributed by atoms with van der Waals surface area (Å²) in [5.74, 6) is 2.30. The molecule has 0 spiro atoms. The highest BCUT2D eigenvalue weighted by atomic mass is 16.3. The second-order valence-corrected chi connectivity index (χ2v) is 6.56. The summed E-state index contributed by atoms with van der Waals surface area (Å²) in [5, 5.41) is 2.37. The van der Waals surface area contributed by atoms with Gasteiger partial charge in [0.25, 0.3) is 0 Å². The molecule has 0 atom stereocenters. The van der Waals surface area contributed by atoms with E-state index in [2.05, 4.69) is 79.2 Å². The molecule has 112 valence electrons. The van der Waals surface area contributed by atoms with Crippen molar-refractivity contribution < 1.29 is 4.42 Å². The van der Waals surface area contributed by atoms with Gasteiger partial charge in [0, 0.05) is 36.3 Å². The first-order valence-electron chi connectivity index (χ1n) is 7.61. The highest BCUT2D eigenvalue weighted by molar-refractivity contribution is 6.69. The Hall–Kier alpha value is -2.30. The van der Waals surface area contributed by atoms with Gasteiger partial charge in [0.15, 0.2) is 0 Å². The standard InChI is InChI=1S/C17H20BN3O/c1-17(2)19(3)9-10-21(17)18-11-14-13-7-5-6-8-15(13)22-16(14)12-20(18)4/h5-12H,1-4H3. The Balaban J connectivity index is 1.89. The second-order valence-electron chi connectivity index (χ2n) is 6.56. The van der Waals surface area contributed by atoms with E-state index >= 15 is 0 Å². The molecule has 4 nitrogen and oxygen atoms in total. The molecule has 4 rings (SSSR count). The molecule has 2 aromatic rings. The fourth-order valence-corrected chi connectivity index (χ4v) is 3.29. The molecule has 0 aliphatic carbocycles. The average Bonchev–Trinajstić information content (AvgIpc) is 2.96. The Labute approximate surface area is 130 Å². The fraction of sp³-hybridized carbons (Fsp3) is 0.294. The van der Waals surface area contributed by atoms with E-state index < -0.39 is 0 Å². The monoisotopic (exact) mass is 293 g/mol. The summed E-state index contributed by atoms with van der Waals surface area (Å²) in [6.45, 7) is 4.64. The van der Waals surface area contributed by atoms with Gasteiger partial charge in [-0.25, -0.2) is 0 Å². The summed E-state index contributed by atoms with van der Waals surface area (Å²) in [5.41, 5.74) is 1.83. The quantitative estimate of drug-likeness (QED) is 0.741. The third kappa shape index (κ3) is 1.71. The Kier molecular flexibility index (Phi) is 2.65. The van der Waals surface area contributed by atoms with E-state index in [1.54, 1.807) is 0 Å². The van der Waals surface area contributed by atoms with Crippen LogP contribution in [0.2, 0.25) is 0 Å². The normalized spacial score (nSPS) is 19.5. The molecule has 22 heavy (non-hydrogen) atoms. The summed E-state index contributed by atoms with van der Waals surface area (Å²) in [6.07, 6.45) is 6.39. The minimum absolute atomic E-state index is 0.0552. The van der Waals surface area contributed by atoms with Crippen LogP contribution in [0.5, 0.6) is 0 Å². The van der Waals surface area contributed by atoms with E-state index in [0.29, 0.717) is 0 Å². The summed E-state index contributed by atoms with van der Waals surface area (Å²) >= 11 is 0. The maximum Gasteiger partial charge on any atom is 0.405 e. The van der Waals surface area contributed by atoms with Crippen LogP contribution in [0.4, 0.5) is 0 Å². The topological polar surface area (TPSA) is 22.9 Å². The molecular weight excluding hydrogens is 273 g/mol. The van der Waals surface area contributed by atoms with Crippen molar-refractivity contribution in [3.8, 4) is 0 Å². The first-order valence-corrected chi connectivity index (χ1v) is 7.61. The van der Waals surface area contributed by atoms with Gasteiger partial charge in [-0.3, -0.25) is 0 Å². The van der Waals surface area contributed by atoms with Crippen LogP contribution < -0.4 is 10.6 Å². The number of hydrogen-bond acceptors (Lipinski definition) is 4. The molecular formula is C17H20BN3O. The number of nitrogens with zero attached hydrogens (tertiary/aromatic N) is 3. The Morgan fingerprint density at radius 2 is 1.86 bits per heavy atom. The highest BCUT2D eigenvalue weighted by Gasteiger charge is 2.40. The zero-order chi connectivity index (χ0) is 15.5. The van der Waals surface area contributed by atoms with Crippen LogP contribution in [0.3, 0.4) is 0 Å². The Morgan fingerprint density at radius 1 is 1.09 bits per heavy atom. The minimum atomic E-state index is -0.0552. The van der Waals surface area contributed by atoms with Gasteiger partial charge in [0.05, 0.1) is 5.66 Å². The molecule has 0 saturated heterocycles. The van der Waals surface area contributed by atoms with Crippen LogP contribution in [-0.4, -0.2) is 41.3 Å². The van der Waals surface area contributed by atoms with Gasteiger partial charge in [-0.05, 0) is 27.0 Å². The second kappa shape index (κ2) is 4.35. The molecule has 1 aromatic carbocycles. The SMILES string of the molecule is CN1C=c2oc3ccccc3c2=CB1N1C=CN(C)C1(C)C. The van der Waals surface area contributed by atoms with Crippen molar-refractivity contribution in [1.29, 1.82) is 0 Å². The van der Waals surface area contributed by atoms with Gasteiger partial charge < -0.3 is 18.9 Å². The molecule has 2 aliphatic rings. The van der Waals surface area contributed by atoms with Crippen LogP contribution in [0.1, 0.15) is 13.8 Å². The number of benzene rings is 1. The number of para-hydroxylation sites is 1. The van der Waals surface area contributed by atoms with E-state index in [9.17, 15) is 0 Å². The van der Waals surface area contributed by atoms with E-state index in [4.69, 9.17) is 4.42 Å². The van der Waals surface area contributed by atoms with E-state index in [1.165, 1.54) is 10.6 Å². The zero-order valence-electron chi connectivity index (χ0n) is 13.4. The molecule has 0 unspecified atom stereocenters. The van der Waals surface area contributed by atoms with Crippen LogP contribution >= 0.6 is 0 Å². The number of furan rings is 1. The lowest BCUT2D eigenvalue weighted by Gasteiger charge is -2.43. The van der Waals surface area contributed by atoms with E-state index in [-0.39, 0.29) is 12.6 Å². The molecule has 0 radical (unpaired) electrons. The smallest absolute Gasteiger partial charge is 0.405 e. The van der Waals surface area contributed by atoms with Crippen LogP contribution in [0.25, 0.3) is 23.1 Å². The number of hydrogen-bond donors (Lipinski definition) is 0. The lowest BCUT2D eigenvalue weighted by Crippen LogP contribution is -2.59. The largest absolute Gasteiger partial charge is 0.455 e. The van der Waals surface area contributed by atoms with Gasteiger partial charge >= 0.3 is 6.98 Å². The molecule has 0 saturated carbocycles. The van der Waals surface area contributed by atoms with Crippen molar-refractivity contribution in [1.82, 2.24) is 14.5 Å². The van der Waals surface area contributed by atoms with Crippen LogP contribution in [-0.2, 0) is 0 Å². The van der Waals surface area contributed by atoms with Crippen molar-refractivity contribution in [2.45, 2.75) is 19.5 Å². The van der Waals surface area contributed by atoms with E-state index in [1.807, 2.05) is 12.1 Å². The summed E-state index contributed by atoms with van der Waals surface area (Å²) in [4.78, 5) is 6.81. The molecule has 5 heteroatoms. The Morgan fingerprint density at radius 3 is 2.59 bits per heavy atom. The van der Waals surface area contributed by atoms with Crippen LogP contribution in [0.15, 0.2) is 41.1 Å². The summed E-state index contributed by atoms with van der Waals surface area (Å²) in [7, 11) is 4.21. The Bertz CT molecular complexity index is 883. The molecule has 0 bridgehead atoms. The van der Waals surface area contributed by atoms with Gasteiger partial charge in [-0.15, -0.1) is 0 Å². The number of fused-ring (bicyclic) bond motifs is 3. The minimum Gasteiger partial charge on any atom is -0.455 e. The molecule has 0 fully saturated rings. The average molecular weight is 293 g/mol. The van der Waals surface area contributed by atoms with Crippen molar-refractivity contribution >= 4 is 30.1 Å². The van der Waals surface area contributed by atoms with Gasteiger partial charge in [0.1, 0.15) is 11.0 Å².